The van der Waals surface area contributed by atoms with Crippen molar-refractivity contribution >= 4 is 5.91 Å². The molecule has 1 heterocycles. The van der Waals surface area contributed by atoms with Crippen molar-refractivity contribution in [2.75, 3.05) is 6.61 Å². The Hall–Kier alpha value is -3.06. The van der Waals surface area contributed by atoms with Crippen LogP contribution in [0.1, 0.15) is 24.8 Å². The molecule has 0 bridgehead atoms. The molecule has 0 spiro atoms. The summed E-state index contributed by atoms with van der Waals surface area (Å²) in [5.41, 5.74) is -0.221. The summed E-state index contributed by atoms with van der Waals surface area (Å²) in [6.07, 6.45) is -7.39. The Bertz CT molecular complexity index is 1030. The van der Waals surface area contributed by atoms with Gasteiger partial charge in [0.05, 0.1) is 29.8 Å². The van der Waals surface area contributed by atoms with Gasteiger partial charge in [-0.3, -0.25) is 9.53 Å². The summed E-state index contributed by atoms with van der Waals surface area (Å²) >= 11 is 0. The first-order chi connectivity index (χ1) is 15.8. The first-order valence-corrected chi connectivity index (χ1v) is 10.1. The van der Waals surface area contributed by atoms with Crippen LogP contribution in [-0.4, -0.2) is 45.7 Å². The van der Waals surface area contributed by atoms with Crippen LogP contribution in [-0.2, 0) is 27.0 Å². The van der Waals surface area contributed by atoms with Gasteiger partial charge in [0, 0.05) is 43.3 Å². The fourth-order valence-corrected chi connectivity index (χ4v) is 3.24. The monoisotopic (exact) mass is 493 g/mol. The molecular weight excluding hydrogens is 472 g/mol. The molecule has 1 saturated carbocycles. The number of phenolic OH excluding ortho intramolecular Hbond substituents is 1. The molecule has 0 atom stereocenters. The van der Waals surface area contributed by atoms with Gasteiger partial charge >= 0.3 is 12.5 Å². The van der Waals surface area contributed by atoms with Crippen molar-refractivity contribution in [3.05, 3.63) is 48.6 Å². The Morgan fingerprint density at radius 2 is 1.91 bits per heavy atom. The highest BCUT2D eigenvalue weighted by Crippen LogP contribution is 2.36. The summed E-state index contributed by atoms with van der Waals surface area (Å²) in [7, 11) is 0. The molecule has 34 heavy (non-hydrogen) atoms. The van der Waals surface area contributed by atoms with Crippen molar-refractivity contribution in [2.45, 2.75) is 50.6 Å². The number of amides is 1. The van der Waals surface area contributed by atoms with Crippen molar-refractivity contribution in [1.82, 2.24) is 14.9 Å². The standard InChI is InChI=1S/C21H21F6N3O4/c1-12(29-19(32)10-33-14-7-15(8-14)34-21(25,26)27)4-5-30-9-17(28-11-30)16-3-2-13(6-18(16)31)20(22,23)24/h2-3,6,9,11,14-15,31H,1,4-5,7-8,10H2,(H,29,32). The summed E-state index contributed by atoms with van der Waals surface area (Å²) < 4.78 is 85.1. The van der Waals surface area contributed by atoms with E-state index in [1.807, 2.05) is 0 Å². The van der Waals surface area contributed by atoms with Crippen LogP contribution in [0.3, 0.4) is 0 Å². The zero-order chi connectivity index (χ0) is 25.1. The Kier molecular flexibility index (Phi) is 7.56. The maximum absolute atomic E-state index is 12.7. The molecule has 0 unspecified atom stereocenters. The highest BCUT2D eigenvalue weighted by molar-refractivity contribution is 5.78. The number of halogens is 6. The van der Waals surface area contributed by atoms with E-state index in [2.05, 4.69) is 21.6 Å². The maximum atomic E-state index is 12.7. The quantitative estimate of drug-likeness (QED) is 0.507. The van der Waals surface area contributed by atoms with E-state index >= 15 is 0 Å². The number of nitrogens with zero attached hydrogens (tertiary/aromatic N) is 2. The number of phenols is 1. The van der Waals surface area contributed by atoms with Gasteiger partial charge in [0.15, 0.2) is 0 Å². The van der Waals surface area contributed by atoms with Gasteiger partial charge in [0.2, 0.25) is 5.91 Å². The van der Waals surface area contributed by atoms with Gasteiger partial charge < -0.3 is 19.7 Å². The number of benzene rings is 1. The van der Waals surface area contributed by atoms with Gasteiger partial charge in [0.25, 0.3) is 0 Å². The van der Waals surface area contributed by atoms with Crippen LogP contribution in [0.2, 0.25) is 0 Å². The summed E-state index contributed by atoms with van der Waals surface area (Å²) in [4.78, 5) is 16.0. The third kappa shape index (κ3) is 7.22. The Morgan fingerprint density at radius 3 is 2.53 bits per heavy atom. The summed E-state index contributed by atoms with van der Waals surface area (Å²) in [5.74, 6) is -1.06. The third-order valence-electron chi connectivity index (χ3n) is 5.02. The summed E-state index contributed by atoms with van der Waals surface area (Å²) in [6.45, 7) is 3.71. The molecular formula is C21H21F6N3O4. The van der Waals surface area contributed by atoms with Gasteiger partial charge in [-0.2, -0.15) is 13.2 Å². The molecule has 1 aromatic heterocycles. The predicted octanol–water partition coefficient (Wildman–Crippen LogP) is 4.38. The largest absolute Gasteiger partial charge is 0.522 e. The second-order valence-electron chi connectivity index (χ2n) is 7.72. The number of ether oxygens (including phenoxy) is 2. The van der Waals surface area contributed by atoms with E-state index < -0.39 is 42.0 Å². The van der Waals surface area contributed by atoms with Gasteiger partial charge in [0.1, 0.15) is 12.4 Å². The SMILES string of the molecule is C=C(CCn1cnc(-c2ccc(C(F)(F)F)cc2O)c1)NC(=O)COC1CC(OC(F)(F)F)C1. The lowest BCUT2D eigenvalue weighted by Gasteiger charge is -2.34. The van der Waals surface area contributed by atoms with Crippen LogP contribution in [0, 0.1) is 0 Å². The molecule has 0 aliphatic heterocycles. The number of nitrogens with one attached hydrogen (secondary N) is 1. The predicted molar refractivity (Wildman–Crippen MR) is 106 cm³/mol. The molecule has 1 amide bonds. The first kappa shape index (κ1) is 25.6. The number of aromatic nitrogens is 2. The molecule has 0 saturated heterocycles. The molecule has 186 valence electrons. The second kappa shape index (κ2) is 10.1. The van der Waals surface area contributed by atoms with E-state index in [0.717, 1.165) is 12.1 Å². The highest BCUT2D eigenvalue weighted by Gasteiger charge is 2.40. The van der Waals surface area contributed by atoms with Crippen molar-refractivity contribution in [1.29, 1.82) is 0 Å². The van der Waals surface area contributed by atoms with E-state index in [0.29, 0.717) is 24.7 Å². The Labute approximate surface area is 190 Å². The fourth-order valence-electron chi connectivity index (χ4n) is 3.24. The first-order valence-electron chi connectivity index (χ1n) is 10.1. The van der Waals surface area contributed by atoms with E-state index in [1.54, 1.807) is 4.57 Å². The maximum Gasteiger partial charge on any atom is 0.522 e. The number of imidazole rings is 1. The Morgan fingerprint density at radius 1 is 1.21 bits per heavy atom. The zero-order valence-electron chi connectivity index (χ0n) is 17.6. The average molecular weight is 493 g/mol. The molecule has 7 nitrogen and oxygen atoms in total. The number of hydrogen-bond acceptors (Lipinski definition) is 5. The smallest absolute Gasteiger partial charge is 0.507 e. The molecule has 1 fully saturated rings. The van der Waals surface area contributed by atoms with Crippen molar-refractivity contribution in [3.63, 3.8) is 0 Å². The topological polar surface area (TPSA) is 85.6 Å². The number of allylic oxidation sites excluding steroid dienone is 1. The minimum Gasteiger partial charge on any atom is -0.507 e. The minimum absolute atomic E-state index is 0.0468. The molecule has 3 rings (SSSR count). The van der Waals surface area contributed by atoms with E-state index in [4.69, 9.17) is 4.74 Å². The minimum atomic E-state index is -4.70. The number of rotatable bonds is 9. The lowest BCUT2D eigenvalue weighted by Crippen LogP contribution is -2.42. The van der Waals surface area contributed by atoms with E-state index in [9.17, 15) is 36.2 Å². The van der Waals surface area contributed by atoms with Crippen LogP contribution in [0.25, 0.3) is 11.3 Å². The van der Waals surface area contributed by atoms with Crippen LogP contribution in [0.5, 0.6) is 5.75 Å². The summed E-state index contributed by atoms with van der Waals surface area (Å²) in [5, 5.41) is 12.5. The number of hydrogen-bond donors (Lipinski definition) is 2. The van der Waals surface area contributed by atoms with Crippen molar-refractivity contribution < 1.29 is 45.7 Å². The van der Waals surface area contributed by atoms with Gasteiger partial charge in [-0.25, -0.2) is 4.98 Å². The van der Waals surface area contributed by atoms with Gasteiger partial charge in [-0.1, -0.05) is 6.58 Å². The number of aryl methyl sites for hydroxylation is 1. The van der Waals surface area contributed by atoms with Gasteiger partial charge in [-0.15, -0.1) is 13.2 Å². The number of alkyl halides is 6. The lowest BCUT2D eigenvalue weighted by atomic mass is 9.92. The molecule has 2 N–H and O–H groups in total. The molecule has 0 radical (unpaired) electrons. The van der Waals surface area contributed by atoms with E-state index in [-0.39, 0.29) is 30.7 Å². The fraction of sp³-hybridized carbons (Fsp3) is 0.429. The normalized spacial score (nSPS) is 18.4. The number of carbonyl (C=O) groups excluding carboxylic acids is 1. The molecule has 1 aromatic carbocycles. The van der Waals surface area contributed by atoms with Crippen LogP contribution >= 0.6 is 0 Å². The number of carbonyl (C=O) groups is 1. The average Bonchev–Trinajstić information content (AvgIpc) is 3.15. The zero-order valence-corrected chi connectivity index (χ0v) is 17.6. The highest BCUT2D eigenvalue weighted by atomic mass is 19.4. The molecule has 13 heteroatoms. The van der Waals surface area contributed by atoms with Crippen LogP contribution in [0.4, 0.5) is 26.3 Å². The molecule has 1 aliphatic rings. The number of aromatic hydroxyl groups is 1. The van der Waals surface area contributed by atoms with Crippen LogP contribution in [0.15, 0.2) is 43.0 Å². The third-order valence-corrected chi connectivity index (χ3v) is 5.02. The van der Waals surface area contributed by atoms with E-state index in [1.165, 1.54) is 12.5 Å². The van der Waals surface area contributed by atoms with Gasteiger partial charge in [-0.05, 0) is 18.2 Å². The second-order valence-corrected chi connectivity index (χ2v) is 7.72. The van der Waals surface area contributed by atoms with Crippen molar-refractivity contribution in [3.8, 4) is 17.0 Å². The lowest BCUT2D eigenvalue weighted by molar-refractivity contribution is -0.357. The van der Waals surface area contributed by atoms with Crippen LogP contribution < -0.4 is 5.32 Å². The Balaban J connectivity index is 1.40. The summed E-state index contributed by atoms with van der Waals surface area (Å²) in [6, 6.07) is 2.60. The van der Waals surface area contributed by atoms with Crippen molar-refractivity contribution in [2.24, 2.45) is 0 Å². The molecule has 2 aromatic rings. The molecule has 1 aliphatic carbocycles.